The molecule has 166 valence electrons. The second-order valence-corrected chi connectivity index (χ2v) is 8.97. The Morgan fingerprint density at radius 3 is 2.53 bits per heavy atom. The smallest absolute Gasteiger partial charge is 0.304 e. The number of alkyl halides is 1. The number of fused-ring (bicyclic) bond motifs is 3. The molecule has 0 spiro atoms. The molecule has 2 atom stereocenters. The van der Waals surface area contributed by atoms with E-state index in [4.69, 9.17) is 11.6 Å². The first-order valence-electron chi connectivity index (χ1n) is 10.8. The van der Waals surface area contributed by atoms with Gasteiger partial charge in [0.15, 0.2) is 0 Å². The monoisotopic (exact) mass is 449 g/mol. The fourth-order valence-corrected chi connectivity index (χ4v) is 4.82. The average molecular weight is 450 g/mol. The number of carbonyl (C=O) groups is 1. The molecule has 0 bridgehead atoms. The van der Waals surface area contributed by atoms with Gasteiger partial charge in [0.05, 0.1) is 6.42 Å². The van der Waals surface area contributed by atoms with Crippen LogP contribution in [-0.2, 0) is 11.3 Å². The van der Waals surface area contributed by atoms with Crippen molar-refractivity contribution in [1.29, 1.82) is 0 Å². The Balaban J connectivity index is 0.000000487. The van der Waals surface area contributed by atoms with E-state index in [-0.39, 0.29) is 17.7 Å². The van der Waals surface area contributed by atoms with E-state index in [1.165, 1.54) is 26.4 Å². The number of carboxylic acids is 1. The normalized spacial score (nSPS) is 16.9. The summed E-state index contributed by atoms with van der Waals surface area (Å²) < 4.78 is 2.34. The molecule has 1 aliphatic rings. The maximum absolute atomic E-state index is 11.3. The minimum Gasteiger partial charge on any atom is -0.481 e. The molecule has 0 saturated carbocycles. The summed E-state index contributed by atoms with van der Waals surface area (Å²) in [6.45, 7) is 13.0. The van der Waals surface area contributed by atoms with Gasteiger partial charge in [-0.25, -0.2) is 0 Å². The molecule has 2 heterocycles. The number of carboxylic acid groups (broad SMARTS) is 1. The second-order valence-electron chi connectivity index (χ2n) is 7.02. The van der Waals surface area contributed by atoms with Gasteiger partial charge in [-0.1, -0.05) is 62.0 Å². The Morgan fingerprint density at radius 1 is 1.33 bits per heavy atom. The van der Waals surface area contributed by atoms with Crippen molar-refractivity contribution >= 4 is 40.2 Å². The molecule has 3 rings (SSSR count). The summed E-state index contributed by atoms with van der Waals surface area (Å²) in [5, 5.41) is 10.7. The van der Waals surface area contributed by atoms with Gasteiger partial charge in [0.25, 0.3) is 0 Å². The maximum atomic E-state index is 11.3. The zero-order chi connectivity index (χ0) is 22.7. The summed E-state index contributed by atoms with van der Waals surface area (Å²) in [4.78, 5) is 13.8. The quantitative estimate of drug-likeness (QED) is 0.284. The van der Waals surface area contributed by atoms with Crippen LogP contribution in [0.2, 0.25) is 0 Å². The molecule has 3 nitrogen and oxygen atoms in total. The van der Waals surface area contributed by atoms with Crippen LogP contribution in [-0.4, -0.2) is 21.0 Å². The van der Waals surface area contributed by atoms with E-state index in [2.05, 4.69) is 41.8 Å². The summed E-state index contributed by atoms with van der Waals surface area (Å²) in [5.41, 5.74) is 2.46. The van der Waals surface area contributed by atoms with Crippen molar-refractivity contribution in [2.75, 3.05) is 0 Å². The van der Waals surface area contributed by atoms with Gasteiger partial charge < -0.3 is 9.67 Å². The zero-order valence-electron chi connectivity index (χ0n) is 19.1. The second kappa shape index (κ2) is 13.6. The Bertz CT molecular complexity index is 867. The number of aromatic nitrogens is 1. The van der Waals surface area contributed by atoms with Crippen molar-refractivity contribution < 1.29 is 9.90 Å². The highest BCUT2D eigenvalue weighted by molar-refractivity contribution is 8.03. The van der Waals surface area contributed by atoms with E-state index in [0.29, 0.717) is 0 Å². The molecular formula is C25H36ClNO2S. The first kappa shape index (κ1) is 26.4. The summed E-state index contributed by atoms with van der Waals surface area (Å²) in [6, 6.07) is 8.43. The SMILES string of the molecule is C/C=C(\C)Sc1c2n(c3ccccc13)CCCC2CC(=O)O.C/C=C\C(C)Cl.CC. The molecule has 0 aliphatic carbocycles. The van der Waals surface area contributed by atoms with Crippen LogP contribution in [0.5, 0.6) is 0 Å². The number of nitrogens with zero attached hydrogens (tertiary/aromatic N) is 1. The Morgan fingerprint density at radius 2 is 2.00 bits per heavy atom. The van der Waals surface area contributed by atoms with Crippen LogP contribution < -0.4 is 0 Å². The average Bonchev–Trinajstić information content (AvgIpc) is 3.04. The number of hydrogen-bond donors (Lipinski definition) is 1. The number of thioether (sulfide) groups is 1. The fourth-order valence-electron chi connectivity index (χ4n) is 3.57. The molecular weight excluding hydrogens is 414 g/mol. The number of allylic oxidation sites excluding steroid dienone is 4. The van der Waals surface area contributed by atoms with Crippen molar-refractivity contribution in [3.05, 3.63) is 53.1 Å². The third-order valence-electron chi connectivity index (χ3n) is 4.83. The topological polar surface area (TPSA) is 42.2 Å². The molecule has 1 aliphatic heterocycles. The third-order valence-corrected chi connectivity index (χ3v) is 6.17. The molecule has 0 saturated heterocycles. The van der Waals surface area contributed by atoms with Gasteiger partial charge in [-0.15, -0.1) is 11.6 Å². The van der Waals surface area contributed by atoms with Crippen LogP contribution in [0.3, 0.4) is 0 Å². The van der Waals surface area contributed by atoms with E-state index in [1.807, 2.05) is 46.8 Å². The number of aliphatic carboxylic acids is 1. The molecule has 1 aromatic heterocycles. The lowest BCUT2D eigenvalue weighted by Crippen LogP contribution is -2.18. The predicted octanol–water partition coefficient (Wildman–Crippen LogP) is 8.23. The lowest BCUT2D eigenvalue weighted by atomic mass is 9.93. The minimum atomic E-state index is -0.706. The number of aryl methyl sites for hydroxylation is 1. The summed E-state index contributed by atoms with van der Waals surface area (Å²) in [7, 11) is 0. The van der Waals surface area contributed by atoms with Crippen molar-refractivity contribution in [3.63, 3.8) is 0 Å². The van der Waals surface area contributed by atoms with Gasteiger partial charge in [0.2, 0.25) is 0 Å². The molecule has 2 aromatic rings. The minimum absolute atomic E-state index is 0.116. The van der Waals surface area contributed by atoms with Crippen LogP contribution in [0.4, 0.5) is 0 Å². The first-order chi connectivity index (χ1) is 14.4. The predicted molar refractivity (Wildman–Crippen MR) is 133 cm³/mol. The standard InChI is InChI=1S/C18H21NO2S.C5H9Cl.C2H6/c1-3-12(2)22-18-14-8-4-5-9-15(14)19-10-6-7-13(17(18)19)11-16(20)21;1-3-4-5(2)6;1-2/h3-5,8-9,13H,6-7,10-11H2,1-2H3,(H,20,21);3-5H,1-2H3;1-2H3/b12-3+;4-3-;. The lowest BCUT2D eigenvalue weighted by Gasteiger charge is -2.25. The van der Waals surface area contributed by atoms with E-state index in [1.54, 1.807) is 11.8 Å². The molecule has 5 heteroatoms. The van der Waals surface area contributed by atoms with Gasteiger partial charge in [0, 0.05) is 39.3 Å². The first-order valence-corrected chi connectivity index (χ1v) is 12.0. The Kier molecular flexibility index (Phi) is 12.0. The third kappa shape index (κ3) is 7.24. The Hall–Kier alpha value is -1.65. The molecule has 0 fully saturated rings. The van der Waals surface area contributed by atoms with Crippen LogP contribution in [0.1, 0.15) is 72.4 Å². The number of benzene rings is 1. The summed E-state index contributed by atoms with van der Waals surface area (Å²) in [5.74, 6) is -0.590. The fraction of sp³-hybridized carbons (Fsp3) is 0.480. The zero-order valence-corrected chi connectivity index (χ0v) is 20.7. The van der Waals surface area contributed by atoms with Crippen LogP contribution in [0, 0.1) is 0 Å². The van der Waals surface area contributed by atoms with Crippen molar-refractivity contribution in [2.24, 2.45) is 0 Å². The highest BCUT2D eigenvalue weighted by Gasteiger charge is 2.29. The van der Waals surface area contributed by atoms with Crippen molar-refractivity contribution in [1.82, 2.24) is 4.57 Å². The molecule has 0 amide bonds. The van der Waals surface area contributed by atoms with E-state index in [0.717, 1.165) is 19.4 Å². The van der Waals surface area contributed by atoms with Crippen LogP contribution in [0.15, 0.2) is 52.3 Å². The lowest BCUT2D eigenvalue weighted by molar-refractivity contribution is -0.137. The van der Waals surface area contributed by atoms with Crippen molar-refractivity contribution in [2.45, 2.75) is 83.5 Å². The number of rotatable bonds is 5. The highest BCUT2D eigenvalue weighted by Crippen LogP contribution is 2.45. The molecule has 1 aromatic carbocycles. The number of halogens is 1. The van der Waals surface area contributed by atoms with Gasteiger partial charge in [0.1, 0.15) is 0 Å². The van der Waals surface area contributed by atoms with Crippen molar-refractivity contribution in [3.8, 4) is 0 Å². The summed E-state index contributed by atoms with van der Waals surface area (Å²) in [6.07, 6.45) is 8.22. The molecule has 2 unspecified atom stereocenters. The Labute approximate surface area is 191 Å². The molecule has 0 radical (unpaired) electrons. The maximum Gasteiger partial charge on any atom is 0.304 e. The highest BCUT2D eigenvalue weighted by atomic mass is 35.5. The number of para-hydroxylation sites is 1. The molecule has 30 heavy (non-hydrogen) atoms. The molecule has 1 N–H and O–H groups in total. The van der Waals surface area contributed by atoms with Crippen LogP contribution >= 0.6 is 23.4 Å². The van der Waals surface area contributed by atoms with Gasteiger partial charge >= 0.3 is 5.97 Å². The largest absolute Gasteiger partial charge is 0.481 e. The van der Waals surface area contributed by atoms with Crippen LogP contribution in [0.25, 0.3) is 10.9 Å². The summed E-state index contributed by atoms with van der Waals surface area (Å²) >= 11 is 7.26. The number of hydrogen-bond acceptors (Lipinski definition) is 2. The van der Waals surface area contributed by atoms with E-state index < -0.39 is 5.97 Å². The van der Waals surface area contributed by atoms with E-state index >= 15 is 0 Å². The van der Waals surface area contributed by atoms with Gasteiger partial charge in [-0.05, 0) is 51.5 Å². The van der Waals surface area contributed by atoms with E-state index in [9.17, 15) is 9.90 Å². The van der Waals surface area contributed by atoms with Gasteiger partial charge in [-0.2, -0.15) is 0 Å². The van der Waals surface area contributed by atoms with Gasteiger partial charge in [-0.3, -0.25) is 4.79 Å².